The normalized spacial score (nSPS) is 20.8. The first-order valence-electron chi connectivity index (χ1n) is 10.6. The van der Waals surface area contributed by atoms with Crippen molar-refractivity contribution in [3.63, 3.8) is 0 Å². The van der Waals surface area contributed by atoms with Crippen molar-refractivity contribution < 1.29 is 19.2 Å². The number of rotatable bonds is 9. The third kappa shape index (κ3) is 5.52. The number of amides is 2. The van der Waals surface area contributed by atoms with Crippen LogP contribution in [0.5, 0.6) is 0 Å². The predicted molar refractivity (Wildman–Crippen MR) is 113 cm³/mol. The van der Waals surface area contributed by atoms with E-state index in [1.54, 1.807) is 6.07 Å². The van der Waals surface area contributed by atoms with E-state index in [-0.39, 0.29) is 11.8 Å². The van der Waals surface area contributed by atoms with Crippen LogP contribution in [0.4, 0.5) is 5.69 Å². The van der Waals surface area contributed by atoms with Gasteiger partial charge in [0.1, 0.15) is 12.6 Å². The fourth-order valence-electron chi connectivity index (χ4n) is 4.25. The van der Waals surface area contributed by atoms with Gasteiger partial charge >= 0.3 is 0 Å². The number of benzene rings is 1. The minimum absolute atomic E-state index is 0.236. The second kappa shape index (κ2) is 10.4. The number of piperidine rings is 2. The zero-order valence-electron chi connectivity index (χ0n) is 17.4. The summed E-state index contributed by atoms with van der Waals surface area (Å²) in [4.78, 5) is 50.1. The number of hydrogen-bond donors (Lipinski definition) is 2. The Kier molecular flexibility index (Phi) is 7.70. The highest BCUT2D eigenvalue weighted by atomic mass is 16.2. The van der Waals surface area contributed by atoms with Crippen molar-refractivity contribution in [2.24, 2.45) is 0 Å². The second-order valence-electron chi connectivity index (χ2n) is 8.09. The van der Waals surface area contributed by atoms with Crippen LogP contribution in [-0.2, 0) is 20.9 Å². The molecule has 2 saturated heterocycles. The molecule has 1 aromatic rings. The molecule has 30 heavy (non-hydrogen) atoms. The molecular formula is C22H30N4O4. The van der Waals surface area contributed by atoms with Crippen LogP contribution in [0.2, 0.25) is 0 Å². The minimum atomic E-state index is -0.392. The summed E-state index contributed by atoms with van der Waals surface area (Å²) in [6, 6.07) is 5.52. The summed E-state index contributed by atoms with van der Waals surface area (Å²) in [7, 11) is 1.84. The zero-order valence-corrected chi connectivity index (χ0v) is 17.4. The standard InChI is InChI=1S/C22H30N4O4/c1-25(20-6-7-21(29)24-22(20)30)14-18-16(15-28)4-2-5-19(18)23-17-8-11-26(12-9-17)10-3-13-27/h2,4-5,13,15,17,20,23H,3,6-12,14H2,1H3,(H,24,29,30). The van der Waals surface area contributed by atoms with Crippen molar-refractivity contribution in [1.82, 2.24) is 15.1 Å². The lowest BCUT2D eigenvalue weighted by Gasteiger charge is -2.34. The van der Waals surface area contributed by atoms with E-state index in [2.05, 4.69) is 15.5 Å². The van der Waals surface area contributed by atoms with Crippen LogP contribution in [0, 0.1) is 0 Å². The van der Waals surface area contributed by atoms with Gasteiger partial charge in [0.2, 0.25) is 11.8 Å². The predicted octanol–water partition coefficient (Wildman–Crippen LogP) is 1.20. The van der Waals surface area contributed by atoms with Gasteiger partial charge in [-0.05, 0) is 37.9 Å². The molecule has 0 aromatic heterocycles. The molecule has 8 heteroatoms. The van der Waals surface area contributed by atoms with Gasteiger partial charge in [-0.3, -0.25) is 24.6 Å². The van der Waals surface area contributed by atoms with E-state index in [4.69, 9.17) is 0 Å². The lowest BCUT2D eigenvalue weighted by Crippen LogP contribution is -2.51. The Balaban J connectivity index is 1.68. The van der Waals surface area contributed by atoms with Crippen molar-refractivity contribution in [3.8, 4) is 0 Å². The first-order chi connectivity index (χ1) is 14.5. The van der Waals surface area contributed by atoms with E-state index in [1.807, 2.05) is 24.1 Å². The second-order valence-corrected chi connectivity index (χ2v) is 8.09. The van der Waals surface area contributed by atoms with Gasteiger partial charge in [-0.2, -0.15) is 0 Å². The van der Waals surface area contributed by atoms with Crippen LogP contribution < -0.4 is 10.6 Å². The van der Waals surface area contributed by atoms with E-state index in [1.165, 1.54) is 0 Å². The highest BCUT2D eigenvalue weighted by molar-refractivity contribution is 6.00. The van der Waals surface area contributed by atoms with E-state index in [0.717, 1.165) is 56.3 Å². The number of carbonyl (C=O) groups excluding carboxylic acids is 4. The molecule has 2 fully saturated rings. The molecule has 0 aliphatic carbocycles. The lowest BCUT2D eigenvalue weighted by molar-refractivity contribution is -0.137. The van der Waals surface area contributed by atoms with E-state index in [9.17, 15) is 19.2 Å². The molecular weight excluding hydrogens is 384 g/mol. The maximum Gasteiger partial charge on any atom is 0.243 e. The van der Waals surface area contributed by atoms with Crippen LogP contribution in [0.25, 0.3) is 0 Å². The van der Waals surface area contributed by atoms with Gasteiger partial charge in [0.15, 0.2) is 0 Å². The number of likely N-dealkylation sites (tertiary alicyclic amines) is 1. The number of aldehydes is 2. The average Bonchev–Trinajstić information content (AvgIpc) is 2.74. The molecule has 1 unspecified atom stereocenters. The van der Waals surface area contributed by atoms with E-state index < -0.39 is 6.04 Å². The number of imide groups is 1. The van der Waals surface area contributed by atoms with Gasteiger partial charge in [-0.1, -0.05) is 12.1 Å². The summed E-state index contributed by atoms with van der Waals surface area (Å²) in [6.45, 7) is 3.11. The molecule has 1 aromatic carbocycles. The quantitative estimate of drug-likeness (QED) is 0.463. The molecule has 2 amide bonds. The van der Waals surface area contributed by atoms with Gasteiger partial charge < -0.3 is 15.0 Å². The maximum atomic E-state index is 12.2. The molecule has 0 spiro atoms. The number of nitrogens with one attached hydrogen (secondary N) is 2. The van der Waals surface area contributed by atoms with Crippen molar-refractivity contribution in [2.75, 3.05) is 32.0 Å². The number of hydrogen-bond acceptors (Lipinski definition) is 7. The third-order valence-corrected chi connectivity index (χ3v) is 6.00. The summed E-state index contributed by atoms with van der Waals surface area (Å²) in [5.74, 6) is -0.519. The largest absolute Gasteiger partial charge is 0.382 e. The molecule has 0 radical (unpaired) electrons. The molecule has 2 aliphatic heterocycles. The van der Waals surface area contributed by atoms with Gasteiger partial charge in [0.25, 0.3) is 0 Å². The Morgan fingerprint density at radius 1 is 1.20 bits per heavy atom. The minimum Gasteiger partial charge on any atom is -0.382 e. The van der Waals surface area contributed by atoms with Crippen LogP contribution >= 0.6 is 0 Å². The molecule has 0 saturated carbocycles. The Labute approximate surface area is 177 Å². The Hall–Kier alpha value is -2.58. The Bertz CT molecular complexity index is 789. The van der Waals surface area contributed by atoms with Crippen LogP contribution in [0.3, 0.4) is 0 Å². The first-order valence-corrected chi connectivity index (χ1v) is 10.6. The number of carbonyl (C=O) groups is 4. The van der Waals surface area contributed by atoms with Crippen molar-refractivity contribution in [2.45, 2.75) is 50.7 Å². The summed E-state index contributed by atoms with van der Waals surface area (Å²) in [5, 5.41) is 5.98. The highest BCUT2D eigenvalue weighted by Crippen LogP contribution is 2.25. The van der Waals surface area contributed by atoms with Gasteiger partial charge in [-0.15, -0.1) is 0 Å². The summed E-state index contributed by atoms with van der Waals surface area (Å²) in [5.41, 5.74) is 2.37. The summed E-state index contributed by atoms with van der Waals surface area (Å²) in [6.07, 6.45) is 5.10. The van der Waals surface area contributed by atoms with Crippen molar-refractivity contribution in [1.29, 1.82) is 0 Å². The number of anilines is 1. The molecule has 8 nitrogen and oxygen atoms in total. The van der Waals surface area contributed by atoms with Gasteiger partial charge in [0, 0.05) is 56.3 Å². The molecule has 2 aliphatic rings. The molecule has 3 rings (SSSR count). The molecule has 0 bridgehead atoms. The van der Waals surface area contributed by atoms with E-state index >= 15 is 0 Å². The van der Waals surface area contributed by atoms with Crippen molar-refractivity contribution >= 4 is 30.1 Å². The summed E-state index contributed by atoms with van der Waals surface area (Å²) < 4.78 is 0. The molecule has 2 heterocycles. The first kappa shape index (κ1) is 22.1. The number of likely N-dealkylation sites (N-methyl/N-ethyl adjacent to an activating group) is 1. The number of nitrogens with zero attached hydrogens (tertiary/aromatic N) is 2. The molecule has 2 N–H and O–H groups in total. The van der Waals surface area contributed by atoms with Crippen molar-refractivity contribution in [3.05, 3.63) is 29.3 Å². The smallest absolute Gasteiger partial charge is 0.243 e. The maximum absolute atomic E-state index is 12.2. The van der Waals surface area contributed by atoms with Crippen LogP contribution in [0.1, 0.15) is 48.0 Å². The summed E-state index contributed by atoms with van der Waals surface area (Å²) >= 11 is 0. The van der Waals surface area contributed by atoms with Gasteiger partial charge in [-0.25, -0.2) is 0 Å². The third-order valence-electron chi connectivity index (χ3n) is 6.00. The monoisotopic (exact) mass is 414 g/mol. The lowest BCUT2D eigenvalue weighted by atomic mass is 9.99. The molecule has 1 atom stereocenters. The zero-order chi connectivity index (χ0) is 21.5. The fraction of sp³-hybridized carbons (Fsp3) is 0.545. The molecule has 162 valence electrons. The fourth-order valence-corrected chi connectivity index (χ4v) is 4.25. The average molecular weight is 415 g/mol. The Morgan fingerprint density at radius 3 is 2.63 bits per heavy atom. The highest BCUT2D eigenvalue weighted by Gasteiger charge is 2.30. The Morgan fingerprint density at radius 2 is 1.97 bits per heavy atom. The SMILES string of the molecule is CN(Cc1c(C=O)cccc1NC1CCN(CCC=O)CC1)C1CCC(=O)NC1=O. The van der Waals surface area contributed by atoms with E-state index in [0.29, 0.717) is 37.4 Å². The topological polar surface area (TPSA) is 98.8 Å². The van der Waals surface area contributed by atoms with Crippen LogP contribution in [-0.4, -0.2) is 73.0 Å². The van der Waals surface area contributed by atoms with Gasteiger partial charge in [0.05, 0.1) is 6.04 Å². The van der Waals surface area contributed by atoms with Crippen LogP contribution in [0.15, 0.2) is 18.2 Å².